The van der Waals surface area contributed by atoms with Crippen LogP contribution in [0.3, 0.4) is 0 Å². The summed E-state index contributed by atoms with van der Waals surface area (Å²) >= 11 is 0. The SMILES string of the molecule is CCCCCCCOCC(=O)c1cc(C)n(CC)c1C. The minimum Gasteiger partial charge on any atom is -0.373 e. The zero-order valence-corrected chi connectivity index (χ0v) is 13.5. The Hall–Kier alpha value is -1.09. The second-order valence-electron chi connectivity index (χ2n) is 5.42. The van der Waals surface area contributed by atoms with E-state index in [0.717, 1.165) is 29.9 Å². The first-order chi connectivity index (χ1) is 9.61. The molecule has 0 atom stereocenters. The van der Waals surface area contributed by atoms with Gasteiger partial charge in [0.25, 0.3) is 0 Å². The van der Waals surface area contributed by atoms with E-state index in [2.05, 4.69) is 18.4 Å². The van der Waals surface area contributed by atoms with Crippen LogP contribution in [-0.4, -0.2) is 23.6 Å². The minimum atomic E-state index is 0.103. The lowest BCUT2D eigenvalue weighted by atomic mass is 10.1. The van der Waals surface area contributed by atoms with E-state index in [9.17, 15) is 4.79 Å². The molecule has 1 aromatic heterocycles. The fourth-order valence-electron chi connectivity index (χ4n) is 2.62. The molecule has 0 aromatic carbocycles. The number of Topliss-reactive ketones (excluding diaryl/α,β-unsaturated/α-hetero) is 1. The Labute approximate surface area is 123 Å². The van der Waals surface area contributed by atoms with Crippen LogP contribution in [0.2, 0.25) is 0 Å². The molecular formula is C17H29NO2. The van der Waals surface area contributed by atoms with Crippen LogP contribution in [0, 0.1) is 13.8 Å². The average Bonchev–Trinajstić information content (AvgIpc) is 2.72. The van der Waals surface area contributed by atoms with Crippen LogP contribution < -0.4 is 0 Å². The molecule has 0 bridgehead atoms. The standard InChI is InChI=1S/C17H29NO2/c1-5-7-8-9-10-11-20-13-17(19)16-12-14(3)18(6-2)15(16)4/h12H,5-11,13H2,1-4H3. The lowest BCUT2D eigenvalue weighted by Gasteiger charge is -2.06. The number of hydrogen-bond acceptors (Lipinski definition) is 2. The number of hydrogen-bond donors (Lipinski definition) is 0. The maximum Gasteiger partial charge on any atom is 0.190 e. The topological polar surface area (TPSA) is 31.2 Å². The average molecular weight is 279 g/mol. The predicted octanol–water partition coefficient (Wildman–Crippen LogP) is 4.29. The summed E-state index contributed by atoms with van der Waals surface area (Å²) in [5.41, 5.74) is 3.02. The van der Waals surface area contributed by atoms with Crippen molar-refractivity contribution >= 4 is 5.78 Å². The van der Waals surface area contributed by atoms with Crippen LogP contribution in [0.15, 0.2) is 6.07 Å². The molecule has 0 aliphatic rings. The molecule has 20 heavy (non-hydrogen) atoms. The van der Waals surface area contributed by atoms with Crippen molar-refractivity contribution < 1.29 is 9.53 Å². The molecule has 3 nitrogen and oxygen atoms in total. The third-order valence-electron chi connectivity index (χ3n) is 3.82. The van der Waals surface area contributed by atoms with Crippen molar-refractivity contribution in [2.45, 2.75) is 66.3 Å². The number of carbonyl (C=O) groups is 1. The van der Waals surface area contributed by atoms with Gasteiger partial charge in [-0.3, -0.25) is 4.79 Å². The molecule has 0 N–H and O–H groups in total. The van der Waals surface area contributed by atoms with Crippen molar-refractivity contribution in [3.8, 4) is 0 Å². The van der Waals surface area contributed by atoms with Gasteiger partial charge in [-0.15, -0.1) is 0 Å². The zero-order chi connectivity index (χ0) is 15.0. The van der Waals surface area contributed by atoms with E-state index in [1.54, 1.807) is 0 Å². The summed E-state index contributed by atoms with van der Waals surface area (Å²) in [7, 11) is 0. The molecule has 0 saturated carbocycles. The molecule has 0 unspecified atom stereocenters. The summed E-state index contributed by atoms with van der Waals surface area (Å²) in [6.45, 7) is 10.2. The number of ether oxygens (including phenoxy) is 1. The Morgan fingerprint density at radius 3 is 2.45 bits per heavy atom. The molecule has 0 spiro atoms. The summed E-state index contributed by atoms with van der Waals surface area (Å²) in [4.78, 5) is 12.1. The van der Waals surface area contributed by atoms with Gasteiger partial charge in [-0.2, -0.15) is 0 Å². The van der Waals surface area contributed by atoms with E-state index in [0.29, 0.717) is 6.61 Å². The largest absolute Gasteiger partial charge is 0.373 e. The second-order valence-corrected chi connectivity index (χ2v) is 5.42. The fourth-order valence-corrected chi connectivity index (χ4v) is 2.62. The Balaban J connectivity index is 2.33. The van der Waals surface area contributed by atoms with Crippen LogP contribution in [0.5, 0.6) is 0 Å². The third kappa shape index (κ3) is 4.78. The highest BCUT2D eigenvalue weighted by atomic mass is 16.5. The Kier molecular flexibility index (Phi) is 7.60. The molecule has 0 aliphatic heterocycles. The van der Waals surface area contributed by atoms with E-state index in [4.69, 9.17) is 4.74 Å². The van der Waals surface area contributed by atoms with Gasteiger partial charge < -0.3 is 9.30 Å². The quantitative estimate of drug-likeness (QED) is 0.472. The van der Waals surface area contributed by atoms with Crippen LogP contribution in [-0.2, 0) is 11.3 Å². The Morgan fingerprint density at radius 2 is 1.85 bits per heavy atom. The summed E-state index contributed by atoms with van der Waals surface area (Å²) < 4.78 is 7.67. The molecule has 1 heterocycles. The van der Waals surface area contributed by atoms with Gasteiger partial charge in [-0.05, 0) is 33.3 Å². The third-order valence-corrected chi connectivity index (χ3v) is 3.82. The van der Waals surface area contributed by atoms with Gasteiger partial charge in [0, 0.05) is 30.1 Å². The molecule has 114 valence electrons. The first-order valence-corrected chi connectivity index (χ1v) is 7.89. The lowest BCUT2D eigenvalue weighted by Crippen LogP contribution is -2.11. The number of aryl methyl sites for hydroxylation is 1. The molecule has 0 radical (unpaired) electrons. The van der Waals surface area contributed by atoms with Gasteiger partial charge in [0.15, 0.2) is 5.78 Å². The van der Waals surface area contributed by atoms with E-state index < -0.39 is 0 Å². The molecule has 0 amide bonds. The number of rotatable bonds is 10. The van der Waals surface area contributed by atoms with Crippen LogP contribution >= 0.6 is 0 Å². The minimum absolute atomic E-state index is 0.103. The maximum atomic E-state index is 12.1. The Bertz CT molecular complexity index is 421. The molecular weight excluding hydrogens is 250 g/mol. The van der Waals surface area contributed by atoms with Gasteiger partial charge >= 0.3 is 0 Å². The zero-order valence-electron chi connectivity index (χ0n) is 13.5. The highest BCUT2D eigenvalue weighted by Gasteiger charge is 2.14. The highest BCUT2D eigenvalue weighted by molar-refractivity contribution is 5.98. The van der Waals surface area contributed by atoms with E-state index in [-0.39, 0.29) is 12.4 Å². The molecule has 0 fully saturated rings. The van der Waals surface area contributed by atoms with Crippen molar-refractivity contribution in [1.29, 1.82) is 0 Å². The van der Waals surface area contributed by atoms with E-state index in [1.165, 1.54) is 25.7 Å². The number of unbranched alkanes of at least 4 members (excludes halogenated alkanes) is 4. The van der Waals surface area contributed by atoms with Crippen LogP contribution in [0.4, 0.5) is 0 Å². The van der Waals surface area contributed by atoms with Crippen molar-refractivity contribution in [2.24, 2.45) is 0 Å². The molecule has 3 heteroatoms. The normalized spacial score (nSPS) is 11.0. The van der Waals surface area contributed by atoms with Gasteiger partial charge in [-0.1, -0.05) is 32.6 Å². The van der Waals surface area contributed by atoms with Crippen molar-refractivity contribution in [3.63, 3.8) is 0 Å². The van der Waals surface area contributed by atoms with E-state index in [1.807, 2.05) is 19.9 Å². The smallest absolute Gasteiger partial charge is 0.190 e. The summed E-state index contributed by atoms with van der Waals surface area (Å²) in [6, 6.07) is 1.98. The Morgan fingerprint density at radius 1 is 1.15 bits per heavy atom. The molecule has 0 saturated heterocycles. The summed E-state index contributed by atoms with van der Waals surface area (Å²) in [5, 5.41) is 0. The van der Waals surface area contributed by atoms with Crippen molar-refractivity contribution in [3.05, 3.63) is 23.0 Å². The molecule has 1 aromatic rings. The second kappa shape index (κ2) is 8.96. The molecule has 0 aliphatic carbocycles. The van der Waals surface area contributed by atoms with Gasteiger partial charge in [0.1, 0.15) is 6.61 Å². The number of aromatic nitrogens is 1. The lowest BCUT2D eigenvalue weighted by molar-refractivity contribution is 0.0751. The van der Waals surface area contributed by atoms with Crippen LogP contribution in [0.1, 0.15) is 67.7 Å². The van der Waals surface area contributed by atoms with Gasteiger partial charge in [0.05, 0.1) is 0 Å². The van der Waals surface area contributed by atoms with Crippen molar-refractivity contribution in [1.82, 2.24) is 4.57 Å². The maximum absolute atomic E-state index is 12.1. The molecule has 1 rings (SSSR count). The van der Waals surface area contributed by atoms with Gasteiger partial charge in [-0.25, -0.2) is 0 Å². The summed E-state index contributed by atoms with van der Waals surface area (Å²) in [6.07, 6.45) is 6.08. The monoisotopic (exact) mass is 279 g/mol. The highest BCUT2D eigenvalue weighted by Crippen LogP contribution is 2.15. The first kappa shape index (κ1) is 17.0. The van der Waals surface area contributed by atoms with Crippen molar-refractivity contribution in [2.75, 3.05) is 13.2 Å². The number of ketones is 1. The fraction of sp³-hybridized carbons (Fsp3) is 0.706. The number of carbonyl (C=O) groups excluding carboxylic acids is 1. The number of nitrogens with zero attached hydrogens (tertiary/aromatic N) is 1. The predicted molar refractivity (Wildman–Crippen MR) is 83.5 cm³/mol. The van der Waals surface area contributed by atoms with E-state index >= 15 is 0 Å². The van der Waals surface area contributed by atoms with Gasteiger partial charge in [0.2, 0.25) is 0 Å². The first-order valence-electron chi connectivity index (χ1n) is 7.89. The summed E-state index contributed by atoms with van der Waals surface area (Å²) in [5.74, 6) is 0.103. The van der Waals surface area contributed by atoms with Crippen LogP contribution in [0.25, 0.3) is 0 Å².